The first-order chi connectivity index (χ1) is 16.0. The second kappa shape index (κ2) is 8.28. The van der Waals surface area contributed by atoms with E-state index in [1.165, 1.54) is 6.26 Å². The second-order valence-corrected chi connectivity index (χ2v) is 8.24. The van der Waals surface area contributed by atoms with E-state index in [1.54, 1.807) is 25.6 Å². The number of piperidine rings is 1. The Labute approximate surface area is 190 Å². The second-order valence-electron chi connectivity index (χ2n) is 8.24. The van der Waals surface area contributed by atoms with Crippen LogP contribution in [0.2, 0.25) is 0 Å². The molecule has 172 valence electrons. The van der Waals surface area contributed by atoms with Crippen LogP contribution in [0.25, 0.3) is 10.9 Å². The summed E-state index contributed by atoms with van der Waals surface area (Å²) in [6.07, 6.45) is 5.22. The Kier molecular flexibility index (Phi) is 5.29. The van der Waals surface area contributed by atoms with Gasteiger partial charge in [0.15, 0.2) is 0 Å². The summed E-state index contributed by atoms with van der Waals surface area (Å²) in [5.41, 5.74) is 9.42. The molecule has 3 aromatic rings. The molecular formula is C23H26N6O4. The lowest BCUT2D eigenvalue weighted by atomic mass is 10.0. The van der Waals surface area contributed by atoms with Crippen molar-refractivity contribution < 1.29 is 19.4 Å². The summed E-state index contributed by atoms with van der Waals surface area (Å²) in [5, 5.41) is 15.4. The number of nitrogens with zero attached hydrogens (tertiary/aromatic N) is 5. The molecule has 2 aromatic heterocycles. The highest BCUT2D eigenvalue weighted by Crippen LogP contribution is 2.44. The number of aromatic nitrogens is 3. The van der Waals surface area contributed by atoms with Crippen LogP contribution in [0, 0.1) is 0 Å². The van der Waals surface area contributed by atoms with E-state index in [2.05, 4.69) is 21.0 Å². The number of carbonyl (C=O) groups is 1. The van der Waals surface area contributed by atoms with Crippen molar-refractivity contribution >= 4 is 28.2 Å². The van der Waals surface area contributed by atoms with Crippen LogP contribution in [0.15, 0.2) is 48.6 Å². The molecule has 0 bridgehead atoms. The number of aliphatic hydroxyl groups excluding tert-OH is 1. The SMILES string of the molecule is COc1cc(C2OC=C(C(N)=O)N2c2cc3cnn(C)c3cc2N2CCC(O)CC2)ccn1. The molecule has 1 atom stereocenters. The van der Waals surface area contributed by atoms with Crippen molar-refractivity contribution in [2.45, 2.75) is 25.2 Å². The van der Waals surface area contributed by atoms with Gasteiger partial charge in [0.05, 0.1) is 36.3 Å². The first kappa shape index (κ1) is 21.1. The van der Waals surface area contributed by atoms with Gasteiger partial charge in [-0.05, 0) is 31.0 Å². The molecule has 33 heavy (non-hydrogen) atoms. The van der Waals surface area contributed by atoms with Crippen molar-refractivity contribution in [1.29, 1.82) is 0 Å². The Bertz CT molecular complexity index is 1230. The fraction of sp³-hybridized carbons (Fsp3) is 0.348. The van der Waals surface area contributed by atoms with E-state index in [4.69, 9.17) is 15.2 Å². The molecule has 0 saturated carbocycles. The molecule has 1 aromatic carbocycles. The molecule has 10 nitrogen and oxygen atoms in total. The van der Waals surface area contributed by atoms with Crippen molar-refractivity contribution in [3.63, 3.8) is 0 Å². The molecule has 1 fully saturated rings. The number of methoxy groups -OCH3 is 1. The number of nitrogens with two attached hydrogens (primary N) is 1. The number of aryl methyl sites for hydroxylation is 1. The highest BCUT2D eigenvalue weighted by molar-refractivity contribution is 6.00. The molecule has 0 spiro atoms. The molecule has 1 saturated heterocycles. The first-order valence-corrected chi connectivity index (χ1v) is 10.8. The lowest BCUT2D eigenvalue weighted by Gasteiger charge is -2.36. The van der Waals surface area contributed by atoms with Crippen LogP contribution in [0.1, 0.15) is 24.6 Å². The topological polar surface area (TPSA) is 119 Å². The van der Waals surface area contributed by atoms with Gasteiger partial charge < -0.3 is 25.2 Å². The Balaban J connectivity index is 1.67. The first-order valence-electron chi connectivity index (χ1n) is 10.8. The van der Waals surface area contributed by atoms with Crippen molar-refractivity contribution in [2.24, 2.45) is 12.8 Å². The number of rotatable bonds is 5. The zero-order valence-electron chi connectivity index (χ0n) is 18.5. The number of aliphatic hydroxyl groups is 1. The number of fused-ring (bicyclic) bond motifs is 1. The smallest absolute Gasteiger partial charge is 0.268 e. The minimum Gasteiger partial charge on any atom is -0.481 e. The lowest BCUT2D eigenvalue weighted by Crippen LogP contribution is -2.38. The summed E-state index contributed by atoms with van der Waals surface area (Å²) >= 11 is 0. The van der Waals surface area contributed by atoms with Crippen LogP contribution in [0.5, 0.6) is 5.88 Å². The van der Waals surface area contributed by atoms with Crippen LogP contribution < -0.4 is 20.3 Å². The van der Waals surface area contributed by atoms with E-state index in [9.17, 15) is 9.90 Å². The van der Waals surface area contributed by atoms with Crippen molar-refractivity contribution in [2.75, 3.05) is 30.0 Å². The molecule has 3 N–H and O–H groups in total. The third-order valence-corrected chi connectivity index (χ3v) is 6.22. The zero-order chi connectivity index (χ0) is 23.1. The Morgan fingerprint density at radius 1 is 1.24 bits per heavy atom. The van der Waals surface area contributed by atoms with Gasteiger partial charge in [0, 0.05) is 43.4 Å². The third-order valence-electron chi connectivity index (χ3n) is 6.22. The molecule has 0 radical (unpaired) electrons. The van der Waals surface area contributed by atoms with Gasteiger partial charge in [-0.25, -0.2) is 4.98 Å². The number of ether oxygens (including phenoxy) is 2. The molecule has 5 rings (SSSR count). The van der Waals surface area contributed by atoms with Crippen LogP contribution in [0.3, 0.4) is 0 Å². The fourth-order valence-electron chi connectivity index (χ4n) is 4.45. The van der Waals surface area contributed by atoms with Gasteiger partial charge in [0.2, 0.25) is 12.1 Å². The molecular weight excluding hydrogens is 424 g/mol. The Hall–Kier alpha value is -3.79. The van der Waals surface area contributed by atoms with E-state index in [-0.39, 0.29) is 11.8 Å². The van der Waals surface area contributed by atoms with E-state index in [0.717, 1.165) is 27.8 Å². The number of benzene rings is 1. The maximum absolute atomic E-state index is 12.4. The van der Waals surface area contributed by atoms with Crippen molar-refractivity contribution in [3.8, 4) is 5.88 Å². The minimum atomic E-state index is -0.632. The Morgan fingerprint density at radius 3 is 2.76 bits per heavy atom. The van der Waals surface area contributed by atoms with Gasteiger partial charge in [-0.15, -0.1) is 0 Å². The van der Waals surface area contributed by atoms with Gasteiger partial charge in [-0.1, -0.05) is 0 Å². The third kappa shape index (κ3) is 3.72. The maximum atomic E-state index is 12.4. The Morgan fingerprint density at radius 2 is 2.03 bits per heavy atom. The van der Waals surface area contributed by atoms with Crippen LogP contribution >= 0.6 is 0 Å². The minimum absolute atomic E-state index is 0.248. The molecule has 2 aliphatic heterocycles. The molecule has 4 heterocycles. The normalized spacial score (nSPS) is 19.0. The molecule has 1 unspecified atom stereocenters. The number of anilines is 2. The van der Waals surface area contributed by atoms with E-state index in [0.29, 0.717) is 31.8 Å². The summed E-state index contributed by atoms with van der Waals surface area (Å²) in [5.74, 6) is -0.152. The highest BCUT2D eigenvalue weighted by atomic mass is 16.5. The molecule has 2 aliphatic rings. The number of hydrogen-bond donors (Lipinski definition) is 2. The van der Waals surface area contributed by atoms with E-state index < -0.39 is 12.1 Å². The summed E-state index contributed by atoms with van der Waals surface area (Å²) in [6.45, 7) is 1.38. The monoisotopic (exact) mass is 450 g/mol. The van der Waals surface area contributed by atoms with Crippen LogP contribution in [-0.4, -0.2) is 52.1 Å². The van der Waals surface area contributed by atoms with Crippen molar-refractivity contribution in [3.05, 3.63) is 54.2 Å². The van der Waals surface area contributed by atoms with Gasteiger partial charge in [0.25, 0.3) is 5.91 Å². The number of carbonyl (C=O) groups excluding carboxylic acids is 1. The summed E-state index contributed by atoms with van der Waals surface area (Å²) in [7, 11) is 3.44. The van der Waals surface area contributed by atoms with E-state index >= 15 is 0 Å². The zero-order valence-corrected chi connectivity index (χ0v) is 18.5. The predicted octanol–water partition coefficient (Wildman–Crippen LogP) is 1.80. The highest BCUT2D eigenvalue weighted by Gasteiger charge is 2.36. The molecule has 0 aliphatic carbocycles. The van der Waals surface area contributed by atoms with Gasteiger partial charge in [-0.3, -0.25) is 14.4 Å². The maximum Gasteiger partial charge on any atom is 0.268 e. The number of pyridine rings is 1. The average molecular weight is 450 g/mol. The number of hydrogen-bond acceptors (Lipinski definition) is 8. The van der Waals surface area contributed by atoms with Crippen molar-refractivity contribution in [1.82, 2.24) is 14.8 Å². The quantitative estimate of drug-likeness (QED) is 0.604. The van der Waals surface area contributed by atoms with Gasteiger partial charge in [-0.2, -0.15) is 5.10 Å². The fourth-order valence-corrected chi connectivity index (χ4v) is 4.45. The molecule has 1 amide bonds. The average Bonchev–Trinajstić information content (AvgIpc) is 3.43. The van der Waals surface area contributed by atoms with Crippen LogP contribution in [-0.2, 0) is 16.6 Å². The largest absolute Gasteiger partial charge is 0.481 e. The number of primary amides is 1. The van der Waals surface area contributed by atoms with Gasteiger partial charge in [0.1, 0.15) is 12.0 Å². The molecule has 10 heteroatoms. The predicted molar refractivity (Wildman–Crippen MR) is 123 cm³/mol. The summed E-state index contributed by atoms with van der Waals surface area (Å²) in [6, 6.07) is 7.66. The summed E-state index contributed by atoms with van der Waals surface area (Å²) in [4.78, 5) is 20.6. The standard InChI is InChI=1S/C23H26N6O4/c1-27-17-11-18(28-7-4-16(30)5-8-28)19(9-15(17)12-26-27)29-20(22(24)31)13-33-23(29)14-3-6-25-21(10-14)32-2/h3,6,9-13,16,23,30H,4-5,7-8H2,1-2H3,(H2,24,31). The van der Waals surface area contributed by atoms with Gasteiger partial charge >= 0.3 is 0 Å². The summed E-state index contributed by atoms with van der Waals surface area (Å²) < 4.78 is 13.1. The number of amides is 1. The van der Waals surface area contributed by atoms with E-state index in [1.807, 2.05) is 28.8 Å². The van der Waals surface area contributed by atoms with Crippen LogP contribution in [0.4, 0.5) is 11.4 Å². The lowest BCUT2D eigenvalue weighted by molar-refractivity contribution is -0.114.